The van der Waals surface area contributed by atoms with Crippen LogP contribution in [0.2, 0.25) is 0 Å². The van der Waals surface area contributed by atoms with Crippen LogP contribution >= 0.6 is 0 Å². The van der Waals surface area contributed by atoms with Crippen LogP contribution in [0.1, 0.15) is 66.2 Å². The lowest BCUT2D eigenvalue weighted by atomic mass is 9.99. The Balaban J connectivity index is 3.22. The number of nitrogens with zero attached hydrogens (tertiary/aromatic N) is 1. The molecule has 1 atom stereocenters. The Morgan fingerprint density at radius 3 is 2.21 bits per heavy atom. The summed E-state index contributed by atoms with van der Waals surface area (Å²) in [5, 5.41) is 0. The van der Waals surface area contributed by atoms with Gasteiger partial charge in [0.25, 0.3) is 0 Å². The normalized spacial score (nSPS) is 12.2. The molecule has 0 radical (unpaired) electrons. The molecular formula is C18H28N2O4. The van der Waals surface area contributed by atoms with Gasteiger partial charge in [-0.25, -0.2) is 4.79 Å². The van der Waals surface area contributed by atoms with E-state index in [9.17, 15) is 14.4 Å². The molecule has 1 N–H and O–H groups in total. The van der Waals surface area contributed by atoms with Gasteiger partial charge in [0.2, 0.25) is 5.91 Å². The van der Waals surface area contributed by atoms with Crippen molar-refractivity contribution < 1.29 is 19.1 Å². The van der Waals surface area contributed by atoms with Gasteiger partial charge in [0.15, 0.2) is 5.78 Å². The fourth-order valence-corrected chi connectivity index (χ4v) is 2.84. The van der Waals surface area contributed by atoms with Crippen molar-refractivity contribution in [2.45, 2.75) is 54.0 Å². The second-order valence-electron chi connectivity index (χ2n) is 6.34. The van der Waals surface area contributed by atoms with Gasteiger partial charge in [0, 0.05) is 23.7 Å². The van der Waals surface area contributed by atoms with Crippen LogP contribution in [0.4, 0.5) is 0 Å². The predicted octanol–water partition coefficient (Wildman–Crippen LogP) is 2.88. The van der Waals surface area contributed by atoms with Gasteiger partial charge < -0.3 is 14.6 Å². The van der Waals surface area contributed by atoms with Gasteiger partial charge in [-0.2, -0.15) is 0 Å². The lowest BCUT2D eigenvalue weighted by Gasteiger charge is -2.29. The second-order valence-corrected chi connectivity index (χ2v) is 6.34. The van der Waals surface area contributed by atoms with Gasteiger partial charge in [-0.1, -0.05) is 20.8 Å². The summed E-state index contributed by atoms with van der Waals surface area (Å²) in [6.45, 7) is 11.3. The number of amides is 1. The van der Waals surface area contributed by atoms with Crippen molar-refractivity contribution in [1.82, 2.24) is 9.88 Å². The minimum Gasteiger partial charge on any atom is -0.464 e. The number of aryl methyl sites for hydroxylation is 1. The van der Waals surface area contributed by atoms with Crippen LogP contribution in [-0.2, 0) is 9.53 Å². The Morgan fingerprint density at radius 2 is 1.75 bits per heavy atom. The molecule has 0 saturated heterocycles. The van der Waals surface area contributed by atoms with Crippen LogP contribution in [0, 0.1) is 19.8 Å². The molecule has 0 saturated carbocycles. The van der Waals surface area contributed by atoms with Gasteiger partial charge in [-0.05, 0) is 32.8 Å². The molecule has 6 heteroatoms. The van der Waals surface area contributed by atoms with Crippen molar-refractivity contribution in [2.75, 3.05) is 13.7 Å². The second kappa shape index (κ2) is 8.13. The molecule has 0 spiro atoms. The standard InChI is InChI=1S/C18H28N2O4/c1-8-9-20(17(22)10(2)3)13(6)16(21)14-11(4)15(18(23)24-7)19-12(14)5/h10,13,19H,8-9H2,1-7H3/t13-/m0/s1. The van der Waals surface area contributed by atoms with Gasteiger partial charge >= 0.3 is 5.97 Å². The van der Waals surface area contributed by atoms with Crippen LogP contribution in [0.3, 0.4) is 0 Å². The number of aromatic nitrogens is 1. The number of Topliss-reactive ketones (excluding diaryl/α,β-unsaturated/α-hetero) is 1. The van der Waals surface area contributed by atoms with Crippen molar-refractivity contribution in [1.29, 1.82) is 0 Å². The highest BCUT2D eigenvalue weighted by Gasteiger charge is 2.31. The number of ether oxygens (including phenoxy) is 1. The molecule has 0 fully saturated rings. The number of H-pyrrole nitrogens is 1. The van der Waals surface area contributed by atoms with Crippen LogP contribution in [0.5, 0.6) is 0 Å². The molecule has 0 bridgehead atoms. The number of carbonyl (C=O) groups is 3. The molecule has 24 heavy (non-hydrogen) atoms. The summed E-state index contributed by atoms with van der Waals surface area (Å²) in [6.07, 6.45) is 0.772. The van der Waals surface area contributed by atoms with E-state index < -0.39 is 12.0 Å². The summed E-state index contributed by atoms with van der Waals surface area (Å²) in [5.74, 6) is -0.896. The fraction of sp³-hybridized carbons (Fsp3) is 0.611. The van der Waals surface area contributed by atoms with Crippen molar-refractivity contribution >= 4 is 17.7 Å². The molecular weight excluding hydrogens is 308 g/mol. The zero-order chi connectivity index (χ0) is 18.6. The van der Waals surface area contributed by atoms with E-state index in [0.29, 0.717) is 23.4 Å². The Labute approximate surface area is 143 Å². The molecule has 0 aromatic carbocycles. The van der Waals surface area contributed by atoms with Crippen LogP contribution in [-0.4, -0.2) is 47.2 Å². The Bertz CT molecular complexity index is 631. The average molecular weight is 336 g/mol. The predicted molar refractivity (Wildman–Crippen MR) is 92.2 cm³/mol. The molecule has 0 aliphatic carbocycles. The van der Waals surface area contributed by atoms with E-state index in [4.69, 9.17) is 4.74 Å². The van der Waals surface area contributed by atoms with Crippen molar-refractivity contribution in [3.8, 4) is 0 Å². The number of ketones is 1. The third kappa shape index (κ3) is 3.86. The topological polar surface area (TPSA) is 79.5 Å². The van der Waals surface area contributed by atoms with Gasteiger partial charge in [-0.3, -0.25) is 9.59 Å². The van der Waals surface area contributed by atoms with E-state index >= 15 is 0 Å². The van der Waals surface area contributed by atoms with Crippen LogP contribution in [0.25, 0.3) is 0 Å². The molecule has 0 aliphatic rings. The molecule has 1 aromatic heterocycles. The van der Waals surface area contributed by atoms with E-state index in [1.165, 1.54) is 7.11 Å². The Kier molecular flexibility index (Phi) is 6.75. The summed E-state index contributed by atoms with van der Waals surface area (Å²) in [4.78, 5) is 41.8. The highest BCUT2D eigenvalue weighted by atomic mass is 16.5. The Hall–Kier alpha value is -2.11. The molecule has 1 amide bonds. The minimum absolute atomic E-state index is 0.0447. The number of aromatic amines is 1. The fourth-order valence-electron chi connectivity index (χ4n) is 2.84. The number of hydrogen-bond donors (Lipinski definition) is 1. The van der Waals surface area contributed by atoms with E-state index in [1.54, 1.807) is 25.7 Å². The molecule has 1 heterocycles. The summed E-state index contributed by atoms with van der Waals surface area (Å²) >= 11 is 0. The lowest BCUT2D eigenvalue weighted by Crippen LogP contribution is -2.45. The third-order valence-corrected chi connectivity index (χ3v) is 4.16. The molecule has 1 aromatic rings. The van der Waals surface area contributed by atoms with Crippen LogP contribution in [0.15, 0.2) is 0 Å². The average Bonchev–Trinajstić information content (AvgIpc) is 2.84. The molecule has 1 rings (SSSR count). The van der Waals surface area contributed by atoms with Gasteiger partial charge in [0.1, 0.15) is 5.69 Å². The molecule has 6 nitrogen and oxygen atoms in total. The van der Waals surface area contributed by atoms with Gasteiger partial charge in [0.05, 0.1) is 13.2 Å². The maximum atomic E-state index is 13.0. The van der Waals surface area contributed by atoms with E-state index in [2.05, 4.69) is 4.98 Å². The lowest BCUT2D eigenvalue weighted by molar-refractivity contribution is -0.135. The van der Waals surface area contributed by atoms with Crippen molar-refractivity contribution in [3.05, 3.63) is 22.5 Å². The van der Waals surface area contributed by atoms with Crippen molar-refractivity contribution in [3.63, 3.8) is 0 Å². The van der Waals surface area contributed by atoms with Crippen LogP contribution < -0.4 is 0 Å². The minimum atomic E-state index is -0.585. The monoisotopic (exact) mass is 336 g/mol. The summed E-state index contributed by atoms with van der Waals surface area (Å²) in [7, 11) is 1.30. The van der Waals surface area contributed by atoms with Crippen molar-refractivity contribution in [2.24, 2.45) is 5.92 Å². The smallest absolute Gasteiger partial charge is 0.354 e. The maximum absolute atomic E-state index is 13.0. The summed E-state index contributed by atoms with van der Waals surface area (Å²) in [6, 6.07) is -0.585. The van der Waals surface area contributed by atoms with E-state index in [1.807, 2.05) is 20.8 Å². The number of methoxy groups -OCH3 is 1. The number of nitrogens with one attached hydrogen (secondary N) is 1. The first-order valence-corrected chi connectivity index (χ1v) is 8.29. The quantitative estimate of drug-likeness (QED) is 0.613. The van der Waals surface area contributed by atoms with Gasteiger partial charge in [-0.15, -0.1) is 0 Å². The number of carbonyl (C=O) groups excluding carboxylic acids is 3. The SMILES string of the molecule is CCCN(C(=O)C(C)C)[C@@H](C)C(=O)c1c(C)[nH]c(C(=O)OC)c1C. The zero-order valence-corrected chi connectivity index (χ0v) is 15.6. The Morgan fingerprint density at radius 1 is 1.17 bits per heavy atom. The third-order valence-electron chi connectivity index (χ3n) is 4.16. The first-order chi connectivity index (χ1) is 11.2. The van der Waals surface area contributed by atoms with E-state index in [0.717, 1.165) is 6.42 Å². The van der Waals surface area contributed by atoms with E-state index in [-0.39, 0.29) is 23.3 Å². The first-order valence-electron chi connectivity index (χ1n) is 8.29. The highest BCUT2D eigenvalue weighted by molar-refractivity contribution is 6.06. The first kappa shape index (κ1) is 19.9. The number of hydrogen-bond acceptors (Lipinski definition) is 4. The summed E-state index contributed by atoms with van der Waals surface area (Å²) < 4.78 is 4.74. The number of esters is 1. The summed E-state index contributed by atoms with van der Waals surface area (Å²) in [5.41, 5.74) is 1.91. The number of rotatable bonds is 7. The highest BCUT2D eigenvalue weighted by Crippen LogP contribution is 2.22. The maximum Gasteiger partial charge on any atom is 0.354 e. The zero-order valence-electron chi connectivity index (χ0n) is 15.6. The molecule has 0 unspecified atom stereocenters. The molecule has 134 valence electrons. The largest absolute Gasteiger partial charge is 0.464 e. The molecule has 0 aliphatic heterocycles.